The Bertz CT molecular complexity index is 50.3. The lowest BCUT2D eigenvalue weighted by molar-refractivity contribution is 0.798. The summed E-state index contributed by atoms with van der Waals surface area (Å²) < 4.78 is 0. The van der Waals surface area contributed by atoms with Gasteiger partial charge in [-0.05, 0) is 5.54 Å². The predicted molar refractivity (Wildman–Crippen MR) is 42.9 cm³/mol. The van der Waals surface area contributed by atoms with Gasteiger partial charge in [-0.15, -0.1) is 0 Å². The summed E-state index contributed by atoms with van der Waals surface area (Å²) in [5, 5.41) is 0. The fourth-order valence-electron chi connectivity index (χ4n) is 0.704. The second-order valence-electron chi connectivity index (χ2n) is 2.79. The molecule has 0 saturated carbocycles. The zero-order chi connectivity index (χ0) is 6.57. The maximum absolute atomic E-state index is 4.09. The molecule has 1 heteroatoms. The van der Waals surface area contributed by atoms with Crippen LogP contribution in [0.4, 0.5) is 0 Å². The Labute approximate surface area is 54.9 Å². The van der Waals surface area contributed by atoms with E-state index in [-0.39, 0.29) is 0 Å². The van der Waals surface area contributed by atoms with Crippen LogP contribution in [-0.4, -0.2) is 8.80 Å². The minimum Gasteiger partial charge on any atom is -0.0720 e. The van der Waals surface area contributed by atoms with Crippen molar-refractivity contribution in [3.63, 3.8) is 0 Å². The summed E-state index contributed by atoms with van der Waals surface area (Å²) in [4.78, 5) is 0. The molecule has 0 N–H and O–H groups in total. The molecule has 0 nitrogen and oxygen atoms in total. The summed E-state index contributed by atoms with van der Waals surface area (Å²) in [6, 6.07) is 0. The lowest BCUT2D eigenvalue weighted by Gasteiger charge is -2.11. The third-order valence-electron chi connectivity index (χ3n) is 1.60. The fourth-order valence-corrected chi connectivity index (χ4v) is 1.70. The molecule has 8 heavy (non-hydrogen) atoms. The van der Waals surface area contributed by atoms with E-state index < -0.39 is 8.80 Å². The summed E-state index contributed by atoms with van der Waals surface area (Å²) in [6.45, 7) is 11.1. The molecule has 0 heterocycles. The SMILES string of the molecule is [CH2]C(CCC)[SiH](C)C. The third kappa shape index (κ3) is 3.25. The van der Waals surface area contributed by atoms with Gasteiger partial charge in [-0.25, -0.2) is 0 Å². The van der Waals surface area contributed by atoms with Crippen molar-refractivity contribution in [3.8, 4) is 0 Å². The number of hydrogen-bond acceptors (Lipinski definition) is 0. The zero-order valence-electron chi connectivity index (χ0n) is 6.28. The van der Waals surface area contributed by atoms with Crippen molar-refractivity contribution in [2.45, 2.75) is 38.4 Å². The molecule has 0 aliphatic carbocycles. The van der Waals surface area contributed by atoms with E-state index in [1.807, 2.05) is 0 Å². The molecule has 0 rings (SSSR count). The highest BCUT2D eigenvalue weighted by molar-refractivity contribution is 6.57. The molecule has 0 fully saturated rings. The van der Waals surface area contributed by atoms with Gasteiger partial charge < -0.3 is 0 Å². The van der Waals surface area contributed by atoms with E-state index in [1.54, 1.807) is 0 Å². The highest BCUT2D eigenvalue weighted by Crippen LogP contribution is 2.14. The molecule has 0 saturated heterocycles. The number of rotatable bonds is 3. The molecule has 0 aliphatic heterocycles. The van der Waals surface area contributed by atoms with Gasteiger partial charge >= 0.3 is 0 Å². The molecular formula is C7H17Si. The average molecular weight is 129 g/mol. The van der Waals surface area contributed by atoms with Gasteiger partial charge in [0.25, 0.3) is 0 Å². The van der Waals surface area contributed by atoms with Gasteiger partial charge in [-0.2, -0.15) is 0 Å². The monoisotopic (exact) mass is 129 g/mol. The van der Waals surface area contributed by atoms with Crippen LogP contribution in [0.25, 0.3) is 0 Å². The highest BCUT2D eigenvalue weighted by Gasteiger charge is 2.05. The summed E-state index contributed by atoms with van der Waals surface area (Å²) >= 11 is 0. The Morgan fingerprint density at radius 3 is 2.12 bits per heavy atom. The van der Waals surface area contributed by atoms with E-state index in [2.05, 4.69) is 26.9 Å². The van der Waals surface area contributed by atoms with Crippen molar-refractivity contribution in [1.29, 1.82) is 0 Å². The van der Waals surface area contributed by atoms with Crippen LogP contribution >= 0.6 is 0 Å². The van der Waals surface area contributed by atoms with Gasteiger partial charge in [-0.1, -0.05) is 39.8 Å². The maximum atomic E-state index is 4.09. The van der Waals surface area contributed by atoms with Crippen molar-refractivity contribution in [3.05, 3.63) is 6.92 Å². The van der Waals surface area contributed by atoms with Crippen LogP contribution in [0.2, 0.25) is 18.6 Å². The molecule has 0 aromatic rings. The summed E-state index contributed by atoms with van der Waals surface area (Å²) in [6.07, 6.45) is 2.64. The van der Waals surface area contributed by atoms with E-state index in [9.17, 15) is 0 Å². The van der Waals surface area contributed by atoms with Crippen LogP contribution in [0, 0.1) is 6.92 Å². The zero-order valence-corrected chi connectivity index (χ0v) is 7.43. The van der Waals surface area contributed by atoms with E-state index >= 15 is 0 Å². The van der Waals surface area contributed by atoms with Gasteiger partial charge in [0.1, 0.15) is 0 Å². The summed E-state index contributed by atoms with van der Waals surface area (Å²) in [5.41, 5.74) is 0.806. The lowest BCUT2D eigenvalue weighted by atomic mass is 10.3. The Hall–Kier alpha value is 0.217. The van der Waals surface area contributed by atoms with Gasteiger partial charge in [-0.3, -0.25) is 0 Å². The molecule has 0 spiro atoms. The first-order valence-electron chi connectivity index (χ1n) is 3.51. The van der Waals surface area contributed by atoms with E-state index in [1.165, 1.54) is 12.8 Å². The molecule has 0 aliphatic rings. The van der Waals surface area contributed by atoms with Crippen LogP contribution in [0.3, 0.4) is 0 Å². The van der Waals surface area contributed by atoms with Crippen molar-refractivity contribution in [1.82, 2.24) is 0 Å². The maximum Gasteiger partial charge on any atom is 0.0337 e. The molecule has 0 aromatic heterocycles. The number of hydrogen-bond donors (Lipinski definition) is 0. The predicted octanol–water partition coefficient (Wildman–Crippen LogP) is 2.48. The topological polar surface area (TPSA) is 0 Å². The van der Waals surface area contributed by atoms with E-state index in [0.29, 0.717) is 0 Å². The van der Waals surface area contributed by atoms with Gasteiger partial charge in [0.15, 0.2) is 0 Å². The molecule has 1 radical (unpaired) electrons. The van der Waals surface area contributed by atoms with Crippen LogP contribution in [0.5, 0.6) is 0 Å². The first kappa shape index (κ1) is 8.22. The Kier molecular flexibility index (Phi) is 4.24. The molecule has 1 atom stereocenters. The van der Waals surface area contributed by atoms with Crippen molar-refractivity contribution in [2.24, 2.45) is 0 Å². The van der Waals surface area contributed by atoms with Gasteiger partial charge in [0.2, 0.25) is 0 Å². The summed E-state index contributed by atoms with van der Waals surface area (Å²) in [7, 11) is -0.393. The average Bonchev–Trinajstić information content (AvgIpc) is 1.67. The van der Waals surface area contributed by atoms with E-state index in [0.717, 1.165) is 5.54 Å². The van der Waals surface area contributed by atoms with Crippen molar-refractivity contribution >= 4 is 8.80 Å². The first-order valence-corrected chi connectivity index (χ1v) is 6.49. The third-order valence-corrected chi connectivity index (χ3v) is 3.82. The molecule has 1 unspecified atom stereocenters. The van der Waals surface area contributed by atoms with Crippen molar-refractivity contribution in [2.75, 3.05) is 0 Å². The molecule has 0 aromatic carbocycles. The quantitative estimate of drug-likeness (QED) is 0.514. The summed E-state index contributed by atoms with van der Waals surface area (Å²) in [5.74, 6) is 0. The Balaban J connectivity index is 3.17. The fraction of sp³-hybridized carbons (Fsp3) is 0.857. The van der Waals surface area contributed by atoms with E-state index in [4.69, 9.17) is 0 Å². The van der Waals surface area contributed by atoms with Gasteiger partial charge in [0.05, 0.1) is 0 Å². The second kappa shape index (κ2) is 4.13. The normalized spacial score (nSPS) is 14.6. The van der Waals surface area contributed by atoms with Gasteiger partial charge in [0, 0.05) is 8.80 Å². The van der Waals surface area contributed by atoms with Crippen LogP contribution in [0.15, 0.2) is 0 Å². The molecule has 49 valence electrons. The smallest absolute Gasteiger partial charge is 0.0337 e. The first-order chi connectivity index (χ1) is 3.68. The highest BCUT2D eigenvalue weighted by atomic mass is 28.3. The molecule has 0 bridgehead atoms. The largest absolute Gasteiger partial charge is 0.0720 e. The Morgan fingerprint density at radius 1 is 1.50 bits per heavy atom. The Morgan fingerprint density at radius 2 is 2.00 bits per heavy atom. The van der Waals surface area contributed by atoms with Crippen molar-refractivity contribution < 1.29 is 0 Å². The second-order valence-corrected chi connectivity index (χ2v) is 6.22. The molecule has 0 amide bonds. The van der Waals surface area contributed by atoms with Crippen LogP contribution in [-0.2, 0) is 0 Å². The van der Waals surface area contributed by atoms with Crippen LogP contribution in [0.1, 0.15) is 19.8 Å². The lowest BCUT2D eigenvalue weighted by Crippen LogP contribution is -2.07. The van der Waals surface area contributed by atoms with Crippen LogP contribution < -0.4 is 0 Å². The minimum absolute atomic E-state index is 0.393. The standard InChI is InChI=1S/C7H17Si/c1-5-6-7(2)8(3)4/h7-8H,2,5-6H2,1,3-4H3. The minimum atomic E-state index is -0.393. The molecular weight excluding hydrogens is 112 g/mol.